The Morgan fingerprint density at radius 2 is 1.94 bits per heavy atom. The van der Waals surface area contributed by atoms with Crippen LogP contribution in [-0.2, 0) is 10.0 Å². The Bertz CT molecular complexity index is 1250. The van der Waals surface area contributed by atoms with E-state index in [1.807, 2.05) is 13.0 Å². The van der Waals surface area contributed by atoms with E-state index in [1.165, 1.54) is 22.5 Å². The van der Waals surface area contributed by atoms with E-state index in [-0.39, 0.29) is 28.3 Å². The standard InChI is InChI=1S/C22H29N5O5S2/c1-4-16(18-12-15(13-32-18)14(2)3)23-21-22(26-33(29)25-21)24-17-8-7-9-19(20(17)28)34(30,31)27-10-5-6-11-27/h7-9,12-14,16,28H,4-6,10-11H2,1-3H3,(H,23,25)(H,24,26)/t16-,33?/m1/s1. The van der Waals surface area contributed by atoms with Gasteiger partial charge in [-0.1, -0.05) is 26.8 Å². The number of phenolic OH excluding ortho intramolecular Hbond substituents is 1. The van der Waals surface area contributed by atoms with Crippen LogP contribution >= 0.6 is 11.1 Å². The molecular weight excluding hydrogens is 478 g/mol. The number of phenols is 1. The SMILES string of the molecule is CC[C@@H](Nc1n[s+]([O-])nc1Nc1cccc(S(=O)(=O)N2CCCC2)c1O)c1cc(C(C)C)co1. The molecule has 3 aromatic rings. The highest BCUT2D eigenvalue weighted by molar-refractivity contribution is 7.89. The third kappa shape index (κ3) is 4.90. The van der Waals surface area contributed by atoms with Crippen molar-refractivity contribution in [3.63, 3.8) is 0 Å². The van der Waals surface area contributed by atoms with Gasteiger partial charge in [0.05, 0.1) is 18.0 Å². The first-order valence-electron chi connectivity index (χ1n) is 11.2. The smallest absolute Gasteiger partial charge is 0.246 e. The van der Waals surface area contributed by atoms with Gasteiger partial charge in [-0.05, 0) is 48.9 Å². The number of anilines is 3. The molecule has 184 valence electrons. The fraction of sp³-hybridized carbons (Fsp3) is 0.455. The van der Waals surface area contributed by atoms with Crippen LogP contribution in [0.3, 0.4) is 0 Å². The van der Waals surface area contributed by atoms with Crippen molar-refractivity contribution < 1.29 is 22.5 Å². The second-order valence-corrected chi connectivity index (χ2v) is 11.3. The minimum absolute atomic E-state index is 0.126. The van der Waals surface area contributed by atoms with Crippen molar-refractivity contribution >= 4 is 38.5 Å². The van der Waals surface area contributed by atoms with Crippen molar-refractivity contribution in [1.82, 2.24) is 13.1 Å². The molecular formula is C22H29N5O5S2. The van der Waals surface area contributed by atoms with Crippen molar-refractivity contribution in [3.05, 3.63) is 41.9 Å². The maximum atomic E-state index is 13.0. The van der Waals surface area contributed by atoms with Gasteiger partial charge in [0, 0.05) is 21.8 Å². The molecule has 0 radical (unpaired) electrons. The van der Waals surface area contributed by atoms with E-state index in [0.29, 0.717) is 31.2 Å². The molecule has 1 saturated heterocycles. The van der Waals surface area contributed by atoms with Gasteiger partial charge in [-0.3, -0.25) is 0 Å². The zero-order valence-electron chi connectivity index (χ0n) is 19.3. The average molecular weight is 508 g/mol. The van der Waals surface area contributed by atoms with Gasteiger partial charge < -0.3 is 24.7 Å². The summed E-state index contributed by atoms with van der Waals surface area (Å²) < 4.78 is 53.2. The number of furan rings is 1. The highest BCUT2D eigenvalue weighted by Crippen LogP contribution is 2.38. The van der Waals surface area contributed by atoms with Gasteiger partial charge in [0.15, 0.2) is 16.9 Å². The number of hydrogen-bond acceptors (Lipinski definition) is 9. The summed E-state index contributed by atoms with van der Waals surface area (Å²) in [4.78, 5) is -0.186. The lowest BCUT2D eigenvalue weighted by atomic mass is 10.1. The molecule has 0 amide bonds. The molecule has 1 unspecified atom stereocenters. The van der Waals surface area contributed by atoms with E-state index < -0.39 is 26.9 Å². The molecule has 3 heterocycles. The summed E-state index contributed by atoms with van der Waals surface area (Å²) in [5, 5.41) is 16.9. The summed E-state index contributed by atoms with van der Waals surface area (Å²) >= 11 is -1.85. The fourth-order valence-corrected chi connectivity index (χ4v) is 6.11. The Morgan fingerprint density at radius 1 is 1.24 bits per heavy atom. The van der Waals surface area contributed by atoms with Gasteiger partial charge >= 0.3 is 0 Å². The maximum absolute atomic E-state index is 13.0. The molecule has 1 aliphatic rings. The second-order valence-electron chi connectivity index (χ2n) is 8.54. The molecule has 0 saturated carbocycles. The van der Waals surface area contributed by atoms with Crippen LogP contribution in [0.1, 0.15) is 63.3 Å². The van der Waals surface area contributed by atoms with Gasteiger partial charge in [-0.15, -0.1) is 0 Å². The first kappa shape index (κ1) is 24.5. The summed E-state index contributed by atoms with van der Waals surface area (Å²) in [6.45, 7) is 6.98. The molecule has 12 heteroatoms. The van der Waals surface area contributed by atoms with E-state index in [2.05, 4.69) is 33.2 Å². The summed E-state index contributed by atoms with van der Waals surface area (Å²) in [5.74, 6) is 0.983. The van der Waals surface area contributed by atoms with Crippen LogP contribution in [0.5, 0.6) is 5.75 Å². The molecule has 3 N–H and O–H groups in total. The minimum atomic E-state index is -3.83. The van der Waals surface area contributed by atoms with Crippen molar-refractivity contribution in [1.29, 1.82) is 0 Å². The molecule has 0 spiro atoms. The summed E-state index contributed by atoms with van der Waals surface area (Å²) in [5.41, 5.74) is 1.20. The monoisotopic (exact) mass is 507 g/mol. The van der Waals surface area contributed by atoms with Gasteiger partial charge in [0.1, 0.15) is 10.7 Å². The topological polar surface area (TPSA) is 144 Å². The number of rotatable bonds is 9. The van der Waals surface area contributed by atoms with E-state index in [9.17, 15) is 18.1 Å². The summed E-state index contributed by atoms with van der Waals surface area (Å²) in [6.07, 6.45) is 3.97. The van der Waals surface area contributed by atoms with Crippen molar-refractivity contribution in [2.75, 3.05) is 23.7 Å². The molecule has 0 bridgehead atoms. The first-order chi connectivity index (χ1) is 16.2. The number of hydrogen-bond donors (Lipinski definition) is 3. The molecule has 4 rings (SSSR count). The average Bonchev–Trinajstić information content (AvgIpc) is 3.55. The first-order valence-corrected chi connectivity index (χ1v) is 13.7. The Labute approximate surface area is 202 Å². The van der Waals surface area contributed by atoms with Crippen molar-refractivity contribution in [2.45, 2.75) is 56.9 Å². The fourth-order valence-electron chi connectivity index (χ4n) is 3.86. The molecule has 1 aliphatic heterocycles. The van der Waals surface area contributed by atoms with Crippen LogP contribution in [0.4, 0.5) is 17.3 Å². The van der Waals surface area contributed by atoms with E-state index >= 15 is 0 Å². The van der Waals surface area contributed by atoms with Gasteiger partial charge in [0.2, 0.25) is 21.7 Å². The number of para-hydroxylation sites is 1. The number of benzene rings is 1. The van der Waals surface area contributed by atoms with Gasteiger partial charge in [0.25, 0.3) is 0 Å². The lowest BCUT2D eigenvalue weighted by molar-refractivity contribution is 0.445. The number of aromatic nitrogens is 2. The van der Waals surface area contributed by atoms with Crippen LogP contribution in [0.25, 0.3) is 0 Å². The number of aromatic hydroxyl groups is 1. The lowest BCUT2D eigenvalue weighted by Crippen LogP contribution is -2.28. The third-order valence-corrected chi connectivity index (χ3v) is 8.48. The molecule has 1 fully saturated rings. The lowest BCUT2D eigenvalue weighted by Gasteiger charge is -2.18. The second kappa shape index (κ2) is 9.90. The third-order valence-electron chi connectivity index (χ3n) is 5.87. The number of sulfonamides is 1. The predicted octanol–water partition coefficient (Wildman–Crippen LogP) is 4.72. The highest BCUT2D eigenvalue weighted by atomic mass is 32.2. The van der Waals surface area contributed by atoms with Crippen LogP contribution in [0.2, 0.25) is 0 Å². The Balaban J connectivity index is 1.60. The molecule has 2 atom stereocenters. The van der Waals surface area contributed by atoms with Crippen LogP contribution in [0.15, 0.2) is 39.8 Å². The van der Waals surface area contributed by atoms with Crippen LogP contribution < -0.4 is 10.6 Å². The maximum Gasteiger partial charge on any atom is 0.246 e. The van der Waals surface area contributed by atoms with E-state index in [4.69, 9.17) is 4.42 Å². The molecule has 0 aliphatic carbocycles. The summed E-state index contributed by atoms with van der Waals surface area (Å²) in [7, 11) is -3.83. The molecule has 1 aromatic carbocycles. The Kier molecular flexibility index (Phi) is 7.12. The van der Waals surface area contributed by atoms with Crippen LogP contribution in [0, 0.1) is 0 Å². The Hall–Kier alpha value is -2.67. The normalized spacial score (nSPS) is 16.2. The van der Waals surface area contributed by atoms with Gasteiger partial charge in [-0.25, -0.2) is 8.42 Å². The van der Waals surface area contributed by atoms with Crippen molar-refractivity contribution in [3.8, 4) is 5.75 Å². The predicted molar refractivity (Wildman–Crippen MR) is 130 cm³/mol. The Morgan fingerprint density at radius 3 is 2.59 bits per heavy atom. The summed E-state index contributed by atoms with van der Waals surface area (Å²) in [6, 6.07) is 6.16. The van der Waals surface area contributed by atoms with Gasteiger partial charge in [-0.2, -0.15) is 4.31 Å². The highest BCUT2D eigenvalue weighted by Gasteiger charge is 2.31. The van der Waals surface area contributed by atoms with Crippen molar-refractivity contribution in [2.24, 2.45) is 0 Å². The zero-order valence-corrected chi connectivity index (χ0v) is 20.9. The number of nitrogens with one attached hydrogen (secondary N) is 2. The molecule has 2 aromatic heterocycles. The largest absolute Gasteiger partial charge is 0.546 e. The van der Waals surface area contributed by atoms with E-state index in [1.54, 1.807) is 6.26 Å². The minimum Gasteiger partial charge on any atom is -0.546 e. The van der Waals surface area contributed by atoms with Crippen LogP contribution in [-0.4, -0.2) is 44.2 Å². The molecule has 34 heavy (non-hydrogen) atoms. The zero-order chi connectivity index (χ0) is 24.5. The number of nitrogens with zero attached hydrogens (tertiary/aromatic N) is 3. The van der Waals surface area contributed by atoms with E-state index in [0.717, 1.165) is 18.4 Å². The molecule has 10 nitrogen and oxygen atoms in total. The quantitative estimate of drug-likeness (QED) is 0.277.